The molecule has 0 saturated carbocycles. The molecular formula is C15H21N3. The zero-order valence-corrected chi connectivity index (χ0v) is 11.4. The van der Waals surface area contributed by atoms with Crippen molar-refractivity contribution in [2.45, 2.75) is 32.7 Å². The second-order valence-electron chi connectivity index (χ2n) is 5.06. The van der Waals surface area contributed by atoms with Gasteiger partial charge in [0.15, 0.2) is 0 Å². The van der Waals surface area contributed by atoms with Gasteiger partial charge >= 0.3 is 0 Å². The molecule has 0 aliphatic rings. The third-order valence-electron chi connectivity index (χ3n) is 3.15. The first-order valence-corrected chi connectivity index (χ1v) is 6.35. The van der Waals surface area contributed by atoms with Gasteiger partial charge in [-0.2, -0.15) is 5.10 Å². The van der Waals surface area contributed by atoms with Crippen LogP contribution in [0.5, 0.6) is 0 Å². The van der Waals surface area contributed by atoms with Crippen LogP contribution in [0.25, 0.3) is 0 Å². The molecule has 0 bridgehead atoms. The van der Waals surface area contributed by atoms with Crippen molar-refractivity contribution < 1.29 is 0 Å². The number of aryl methyl sites for hydroxylation is 3. The number of benzene rings is 1. The van der Waals surface area contributed by atoms with Crippen LogP contribution in [0, 0.1) is 13.8 Å². The lowest BCUT2D eigenvalue weighted by atomic mass is 10.0. The Morgan fingerprint density at radius 3 is 2.61 bits per heavy atom. The van der Waals surface area contributed by atoms with Crippen LogP contribution in [-0.2, 0) is 19.9 Å². The molecule has 1 atom stereocenters. The smallest absolute Gasteiger partial charge is 0.0596 e. The fourth-order valence-electron chi connectivity index (χ4n) is 2.34. The molecule has 0 fully saturated rings. The second kappa shape index (κ2) is 5.36. The Morgan fingerprint density at radius 1 is 1.22 bits per heavy atom. The van der Waals surface area contributed by atoms with Crippen LogP contribution in [0.1, 0.15) is 22.5 Å². The van der Waals surface area contributed by atoms with Crippen molar-refractivity contribution in [3.05, 3.63) is 52.8 Å². The van der Waals surface area contributed by atoms with Gasteiger partial charge in [0, 0.05) is 25.2 Å². The number of hydrogen-bond acceptors (Lipinski definition) is 2. The highest BCUT2D eigenvalue weighted by Gasteiger charge is 2.09. The Kier molecular flexibility index (Phi) is 3.82. The van der Waals surface area contributed by atoms with E-state index in [2.05, 4.69) is 42.4 Å². The average molecular weight is 243 g/mol. The van der Waals surface area contributed by atoms with Crippen molar-refractivity contribution >= 4 is 0 Å². The predicted octanol–water partition coefficient (Wildman–Crippen LogP) is 2.15. The molecule has 1 unspecified atom stereocenters. The van der Waals surface area contributed by atoms with Gasteiger partial charge in [-0.3, -0.25) is 4.68 Å². The number of hydrogen-bond donors (Lipinski definition) is 1. The molecule has 1 heterocycles. The number of nitrogens with two attached hydrogens (primary N) is 1. The molecule has 1 aromatic carbocycles. The van der Waals surface area contributed by atoms with Crippen molar-refractivity contribution in [2.24, 2.45) is 12.8 Å². The molecular weight excluding hydrogens is 222 g/mol. The van der Waals surface area contributed by atoms with Gasteiger partial charge in [0.2, 0.25) is 0 Å². The maximum atomic E-state index is 6.22. The van der Waals surface area contributed by atoms with E-state index in [9.17, 15) is 0 Å². The van der Waals surface area contributed by atoms with Crippen LogP contribution >= 0.6 is 0 Å². The quantitative estimate of drug-likeness (QED) is 0.894. The maximum Gasteiger partial charge on any atom is 0.0596 e. The maximum absolute atomic E-state index is 6.22. The van der Waals surface area contributed by atoms with Crippen molar-refractivity contribution in [2.75, 3.05) is 0 Å². The summed E-state index contributed by atoms with van der Waals surface area (Å²) in [5, 5.41) is 4.35. The number of rotatable bonds is 4. The minimum Gasteiger partial charge on any atom is -0.327 e. The van der Waals surface area contributed by atoms with Gasteiger partial charge in [0.25, 0.3) is 0 Å². The van der Waals surface area contributed by atoms with Crippen LogP contribution in [0.3, 0.4) is 0 Å². The normalized spacial score (nSPS) is 12.7. The molecule has 0 radical (unpaired) electrons. The summed E-state index contributed by atoms with van der Waals surface area (Å²) in [5.41, 5.74) is 11.1. The standard InChI is InChI=1S/C15H21N3/c1-11-5-4-6-13(7-11)9-14(16)10-15-8-12(2)17-18(15)3/h4-8,14H,9-10,16H2,1-3H3. The molecule has 0 spiro atoms. The van der Waals surface area contributed by atoms with Crippen LogP contribution in [0.2, 0.25) is 0 Å². The van der Waals surface area contributed by atoms with Crippen molar-refractivity contribution in [1.82, 2.24) is 9.78 Å². The summed E-state index contributed by atoms with van der Waals surface area (Å²) >= 11 is 0. The predicted molar refractivity (Wildman–Crippen MR) is 74.5 cm³/mol. The summed E-state index contributed by atoms with van der Waals surface area (Å²) in [6.07, 6.45) is 1.77. The molecule has 2 N–H and O–H groups in total. The van der Waals surface area contributed by atoms with Crippen molar-refractivity contribution in [1.29, 1.82) is 0 Å². The highest BCUT2D eigenvalue weighted by molar-refractivity contribution is 5.23. The van der Waals surface area contributed by atoms with E-state index >= 15 is 0 Å². The lowest BCUT2D eigenvalue weighted by Crippen LogP contribution is -2.26. The van der Waals surface area contributed by atoms with Crippen LogP contribution in [0.4, 0.5) is 0 Å². The zero-order valence-electron chi connectivity index (χ0n) is 11.4. The molecule has 0 amide bonds. The summed E-state index contributed by atoms with van der Waals surface area (Å²) in [6.45, 7) is 4.12. The molecule has 0 aliphatic carbocycles. The largest absolute Gasteiger partial charge is 0.327 e. The van der Waals surface area contributed by atoms with Crippen molar-refractivity contribution in [3.8, 4) is 0 Å². The molecule has 96 valence electrons. The first kappa shape index (κ1) is 12.8. The van der Waals surface area contributed by atoms with Gasteiger partial charge < -0.3 is 5.73 Å². The van der Waals surface area contributed by atoms with E-state index in [1.54, 1.807) is 0 Å². The van der Waals surface area contributed by atoms with E-state index in [1.807, 2.05) is 18.7 Å². The van der Waals surface area contributed by atoms with Gasteiger partial charge in [-0.25, -0.2) is 0 Å². The summed E-state index contributed by atoms with van der Waals surface area (Å²) < 4.78 is 1.92. The van der Waals surface area contributed by atoms with E-state index in [-0.39, 0.29) is 6.04 Å². The Morgan fingerprint density at radius 2 is 2.00 bits per heavy atom. The topological polar surface area (TPSA) is 43.8 Å². The number of nitrogens with zero attached hydrogens (tertiary/aromatic N) is 2. The minimum atomic E-state index is 0.140. The molecule has 2 aromatic rings. The van der Waals surface area contributed by atoms with Gasteiger partial charge in [-0.1, -0.05) is 29.8 Å². The van der Waals surface area contributed by atoms with E-state index in [0.717, 1.165) is 18.5 Å². The monoisotopic (exact) mass is 243 g/mol. The second-order valence-corrected chi connectivity index (χ2v) is 5.06. The Labute approximate surface area is 109 Å². The highest BCUT2D eigenvalue weighted by Crippen LogP contribution is 2.10. The molecule has 18 heavy (non-hydrogen) atoms. The van der Waals surface area contributed by atoms with Crippen LogP contribution in [-0.4, -0.2) is 15.8 Å². The fourth-order valence-corrected chi connectivity index (χ4v) is 2.34. The first-order valence-electron chi connectivity index (χ1n) is 6.35. The van der Waals surface area contributed by atoms with Gasteiger partial charge in [-0.05, 0) is 31.9 Å². The van der Waals surface area contributed by atoms with Crippen LogP contribution in [0.15, 0.2) is 30.3 Å². The third kappa shape index (κ3) is 3.20. The first-order chi connectivity index (χ1) is 8.54. The molecule has 0 aliphatic heterocycles. The fraction of sp³-hybridized carbons (Fsp3) is 0.400. The lowest BCUT2D eigenvalue weighted by molar-refractivity contribution is 0.612. The third-order valence-corrected chi connectivity index (χ3v) is 3.15. The van der Waals surface area contributed by atoms with Gasteiger partial charge in [-0.15, -0.1) is 0 Å². The van der Waals surface area contributed by atoms with Gasteiger partial charge in [0.1, 0.15) is 0 Å². The SMILES string of the molecule is Cc1cccc(CC(N)Cc2cc(C)nn2C)c1. The number of aromatic nitrogens is 2. The summed E-state index contributed by atoms with van der Waals surface area (Å²) in [6, 6.07) is 10.8. The molecule has 3 heteroatoms. The summed E-state index contributed by atoms with van der Waals surface area (Å²) in [5.74, 6) is 0. The summed E-state index contributed by atoms with van der Waals surface area (Å²) in [4.78, 5) is 0. The van der Waals surface area contributed by atoms with Gasteiger partial charge in [0.05, 0.1) is 5.69 Å². The molecule has 1 aromatic heterocycles. The van der Waals surface area contributed by atoms with E-state index < -0.39 is 0 Å². The van der Waals surface area contributed by atoms with Crippen LogP contribution < -0.4 is 5.73 Å². The Bertz CT molecular complexity index is 528. The highest BCUT2D eigenvalue weighted by atomic mass is 15.3. The average Bonchev–Trinajstić information content (AvgIpc) is 2.57. The molecule has 0 saturated heterocycles. The molecule has 3 nitrogen and oxygen atoms in total. The zero-order chi connectivity index (χ0) is 13.1. The van der Waals surface area contributed by atoms with E-state index in [4.69, 9.17) is 5.73 Å². The Balaban J connectivity index is 2.00. The molecule has 2 rings (SSSR count). The van der Waals surface area contributed by atoms with Crippen molar-refractivity contribution in [3.63, 3.8) is 0 Å². The lowest BCUT2D eigenvalue weighted by Gasteiger charge is -2.12. The van der Waals surface area contributed by atoms with E-state index in [1.165, 1.54) is 16.8 Å². The Hall–Kier alpha value is -1.61. The van der Waals surface area contributed by atoms with E-state index in [0.29, 0.717) is 0 Å². The minimum absolute atomic E-state index is 0.140. The summed E-state index contributed by atoms with van der Waals surface area (Å²) in [7, 11) is 1.97.